The van der Waals surface area contributed by atoms with Gasteiger partial charge in [0.05, 0.1) is 11.4 Å². The fourth-order valence-corrected chi connectivity index (χ4v) is 9.66. The third-order valence-electron chi connectivity index (χ3n) is 13.1. The van der Waals surface area contributed by atoms with Crippen LogP contribution in [0.25, 0.3) is 77.6 Å². The Morgan fingerprint density at radius 2 is 0.522 bits per heavy atom. The smallest absolute Gasteiger partial charge is 0.135 e. The molecule has 0 saturated heterocycles. The van der Waals surface area contributed by atoms with Crippen molar-refractivity contribution >= 4 is 56.1 Å². The zero-order valence-corrected chi connectivity index (χ0v) is 37.9. The van der Waals surface area contributed by atoms with E-state index in [1.807, 2.05) is 12.1 Å². The molecule has 0 radical (unpaired) electrons. The number of hydrogen-bond acceptors (Lipinski definition) is 3. The number of anilines is 6. The van der Waals surface area contributed by atoms with Crippen LogP contribution < -0.4 is 9.80 Å². The van der Waals surface area contributed by atoms with Crippen molar-refractivity contribution in [3.63, 3.8) is 0 Å². The lowest BCUT2D eigenvalue weighted by atomic mass is 9.92. The maximum absolute atomic E-state index is 6.44. The molecule has 11 aromatic carbocycles. The summed E-state index contributed by atoms with van der Waals surface area (Å²) in [4.78, 5) is 4.85. The highest BCUT2D eigenvalue weighted by Crippen LogP contribution is 2.51. The van der Waals surface area contributed by atoms with Gasteiger partial charge < -0.3 is 14.2 Å². The first-order valence-corrected chi connectivity index (χ1v) is 23.5. The van der Waals surface area contributed by atoms with Gasteiger partial charge in [-0.3, -0.25) is 0 Å². The highest BCUT2D eigenvalue weighted by atomic mass is 16.3. The molecule has 69 heavy (non-hydrogen) atoms. The van der Waals surface area contributed by atoms with Crippen LogP contribution in [0, 0.1) is 0 Å². The average Bonchev–Trinajstić information content (AvgIpc) is 3.81. The molecule has 0 spiro atoms. The minimum atomic E-state index is 0.850. The minimum absolute atomic E-state index is 0.850. The summed E-state index contributed by atoms with van der Waals surface area (Å²) in [5.74, 6) is 0. The summed E-state index contributed by atoms with van der Waals surface area (Å²) in [6.07, 6.45) is 0. The molecular formula is C66H46N2O. The molecule has 0 N–H and O–H groups in total. The number of benzene rings is 11. The molecule has 1 heterocycles. The molecule has 0 saturated carbocycles. The van der Waals surface area contributed by atoms with Crippen molar-refractivity contribution in [1.29, 1.82) is 0 Å². The Balaban J connectivity index is 1.16. The fraction of sp³-hybridized carbons (Fsp3) is 0. The second-order valence-electron chi connectivity index (χ2n) is 17.3. The van der Waals surface area contributed by atoms with E-state index in [0.29, 0.717) is 0 Å². The quantitative estimate of drug-likeness (QED) is 0.129. The van der Waals surface area contributed by atoms with E-state index >= 15 is 0 Å². The number of furan rings is 1. The molecule has 0 amide bonds. The molecule has 0 aliphatic carbocycles. The minimum Gasteiger partial charge on any atom is -0.456 e. The Morgan fingerprint density at radius 1 is 0.217 bits per heavy atom. The average molecular weight is 883 g/mol. The summed E-state index contributed by atoms with van der Waals surface area (Å²) in [5.41, 5.74) is 19.3. The third-order valence-corrected chi connectivity index (χ3v) is 13.1. The van der Waals surface area contributed by atoms with Gasteiger partial charge in [0.2, 0.25) is 0 Å². The Hall–Kier alpha value is -9.18. The molecule has 326 valence electrons. The third kappa shape index (κ3) is 8.13. The van der Waals surface area contributed by atoms with Gasteiger partial charge >= 0.3 is 0 Å². The molecule has 0 unspecified atom stereocenters. The summed E-state index contributed by atoms with van der Waals surface area (Å²) in [6.45, 7) is 0. The second kappa shape index (κ2) is 18.2. The Bertz CT molecular complexity index is 3580. The molecule has 0 aliphatic rings. The molecule has 0 fully saturated rings. The van der Waals surface area contributed by atoms with Crippen molar-refractivity contribution in [2.45, 2.75) is 0 Å². The van der Waals surface area contributed by atoms with E-state index in [0.717, 1.165) is 95.0 Å². The van der Waals surface area contributed by atoms with Crippen LogP contribution in [0.3, 0.4) is 0 Å². The first-order valence-electron chi connectivity index (χ1n) is 23.5. The van der Waals surface area contributed by atoms with Crippen molar-refractivity contribution in [3.05, 3.63) is 279 Å². The summed E-state index contributed by atoms with van der Waals surface area (Å²) < 4.78 is 6.44. The maximum Gasteiger partial charge on any atom is 0.135 e. The van der Waals surface area contributed by atoms with E-state index in [9.17, 15) is 0 Å². The van der Waals surface area contributed by atoms with E-state index in [4.69, 9.17) is 4.42 Å². The number of rotatable bonds is 11. The lowest BCUT2D eigenvalue weighted by molar-refractivity contribution is 0.669. The summed E-state index contributed by atoms with van der Waals surface area (Å²) in [6, 6.07) is 100. The van der Waals surface area contributed by atoms with Crippen LogP contribution >= 0.6 is 0 Å². The van der Waals surface area contributed by atoms with Gasteiger partial charge in [0, 0.05) is 33.5 Å². The Labute approximate surface area is 403 Å². The van der Waals surface area contributed by atoms with E-state index in [1.54, 1.807) is 0 Å². The van der Waals surface area contributed by atoms with E-state index < -0.39 is 0 Å². The van der Waals surface area contributed by atoms with Crippen LogP contribution in [0.2, 0.25) is 0 Å². The van der Waals surface area contributed by atoms with Crippen molar-refractivity contribution < 1.29 is 4.42 Å². The molecule has 12 rings (SSSR count). The summed E-state index contributed by atoms with van der Waals surface area (Å²) in [7, 11) is 0. The standard InChI is InChI=1S/C66H46N2O/c1-6-18-47(19-7-1)50-30-36-55(37-31-50)67(56-38-32-51(33-39-56)48-20-8-2-9-21-48)63-45-60(53-24-12-4-13-25-53)61(54-26-14-5-15-27-54)46-64(63)68(57-40-34-52(35-41-57)49-22-10-3-11-23-49)58-42-43-66-62(44-58)59-28-16-17-29-65(59)69-66/h1-46H. The summed E-state index contributed by atoms with van der Waals surface area (Å²) in [5, 5.41) is 2.14. The van der Waals surface area contributed by atoms with Crippen LogP contribution in [0.1, 0.15) is 0 Å². The van der Waals surface area contributed by atoms with Gasteiger partial charge in [-0.2, -0.15) is 0 Å². The van der Waals surface area contributed by atoms with Crippen molar-refractivity contribution in [2.75, 3.05) is 9.80 Å². The first kappa shape index (κ1) is 41.3. The molecule has 3 nitrogen and oxygen atoms in total. The first-order chi connectivity index (χ1) is 34.2. The van der Waals surface area contributed by atoms with Gasteiger partial charge in [-0.15, -0.1) is 0 Å². The zero-order chi connectivity index (χ0) is 45.9. The van der Waals surface area contributed by atoms with E-state index in [-0.39, 0.29) is 0 Å². The Kier molecular flexibility index (Phi) is 10.9. The normalized spacial score (nSPS) is 11.2. The van der Waals surface area contributed by atoms with Gasteiger partial charge in [0.1, 0.15) is 11.2 Å². The van der Waals surface area contributed by atoms with Gasteiger partial charge in [-0.1, -0.05) is 206 Å². The van der Waals surface area contributed by atoms with Crippen LogP contribution in [-0.4, -0.2) is 0 Å². The van der Waals surface area contributed by atoms with Crippen LogP contribution in [-0.2, 0) is 0 Å². The highest BCUT2D eigenvalue weighted by Gasteiger charge is 2.27. The zero-order valence-electron chi connectivity index (χ0n) is 37.9. The molecule has 0 atom stereocenters. The van der Waals surface area contributed by atoms with Gasteiger partial charge in [-0.05, 0) is 128 Å². The van der Waals surface area contributed by atoms with Crippen molar-refractivity contribution in [1.82, 2.24) is 0 Å². The van der Waals surface area contributed by atoms with Crippen molar-refractivity contribution in [3.8, 4) is 55.6 Å². The number of hydrogen-bond donors (Lipinski definition) is 0. The highest BCUT2D eigenvalue weighted by molar-refractivity contribution is 6.07. The topological polar surface area (TPSA) is 19.6 Å². The molecule has 3 heteroatoms. The van der Waals surface area contributed by atoms with Gasteiger partial charge in [0.25, 0.3) is 0 Å². The molecule has 12 aromatic rings. The van der Waals surface area contributed by atoms with Crippen LogP contribution in [0.4, 0.5) is 34.1 Å². The largest absolute Gasteiger partial charge is 0.456 e. The van der Waals surface area contributed by atoms with Crippen LogP contribution in [0.15, 0.2) is 283 Å². The lowest BCUT2D eigenvalue weighted by Crippen LogP contribution is -2.17. The predicted octanol–water partition coefficient (Wildman–Crippen LogP) is 18.9. The van der Waals surface area contributed by atoms with Crippen molar-refractivity contribution in [2.24, 2.45) is 0 Å². The number of para-hydroxylation sites is 1. The fourth-order valence-electron chi connectivity index (χ4n) is 9.66. The second-order valence-corrected chi connectivity index (χ2v) is 17.3. The maximum atomic E-state index is 6.44. The molecule has 0 bridgehead atoms. The van der Waals surface area contributed by atoms with E-state index in [1.165, 1.54) is 16.7 Å². The Morgan fingerprint density at radius 3 is 0.928 bits per heavy atom. The van der Waals surface area contributed by atoms with E-state index in [2.05, 4.69) is 277 Å². The lowest BCUT2D eigenvalue weighted by Gasteiger charge is -2.34. The van der Waals surface area contributed by atoms with Gasteiger partial charge in [0.15, 0.2) is 0 Å². The molecule has 1 aromatic heterocycles. The van der Waals surface area contributed by atoms with Crippen LogP contribution in [0.5, 0.6) is 0 Å². The molecule has 0 aliphatic heterocycles. The summed E-state index contributed by atoms with van der Waals surface area (Å²) >= 11 is 0. The molecular weight excluding hydrogens is 837 g/mol. The number of nitrogens with zero attached hydrogens (tertiary/aromatic N) is 2. The van der Waals surface area contributed by atoms with Gasteiger partial charge in [-0.25, -0.2) is 0 Å². The number of fused-ring (bicyclic) bond motifs is 3. The monoisotopic (exact) mass is 882 g/mol. The SMILES string of the molecule is c1ccc(-c2ccc(N(c3ccc(-c4ccccc4)cc3)c3cc(-c4ccccc4)c(-c4ccccc4)cc3N(c3ccc(-c4ccccc4)cc3)c3ccc4oc5ccccc5c4c3)cc2)cc1. The predicted molar refractivity (Wildman–Crippen MR) is 290 cm³/mol.